The topological polar surface area (TPSA) is 90.8 Å². The van der Waals surface area contributed by atoms with Gasteiger partial charge in [0.2, 0.25) is 0 Å². The van der Waals surface area contributed by atoms with E-state index in [1.54, 1.807) is 9.80 Å². The maximum Gasteiger partial charge on any atom is 0.335 e. The van der Waals surface area contributed by atoms with Crippen LogP contribution in [0.15, 0.2) is 42.6 Å². The van der Waals surface area contributed by atoms with Gasteiger partial charge < -0.3 is 14.9 Å². The smallest absolute Gasteiger partial charge is 0.335 e. The van der Waals surface area contributed by atoms with Crippen LogP contribution in [0.5, 0.6) is 0 Å². The van der Waals surface area contributed by atoms with Crippen LogP contribution in [0.4, 0.5) is 0 Å². The second-order valence-electron chi connectivity index (χ2n) is 6.37. The zero-order valence-electron chi connectivity index (χ0n) is 15.1. The molecular formula is C20H21N3O4. The van der Waals surface area contributed by atoms with Crippen LogP contribution in [0.1, 0.15) is 43.7 Å². The van der Waals surface area contributed by atoms with E-state index >= 15 is 0 Å². The molecule has 7 heteroatoms. The van der Waals surface area contributed by atoms with E-state index < -0.39 is 5.97 Å². The number of aryl methyl sites for hydroxylation is 1. The average molecular weight is 367 g/mol. The Morgan fingerprint density at radius 1 is 0.926 bits per heavy atom. The molecule has 3 rings (SSSR count). The van der Waals surface area contributed by atoms with Crippen LogP contribution in [-0.2, 0) is 6.42 Å². The lowest BCUT2D eigenvalue weighted by Gasteiger charge is -2.34. The van der Waals surface area contributed by atoms with Gasteiger partial charge in [-0.05, 0) is 36.2 Å². The number of carboxylic acid groups (broad SMARTS) is 1. The summed E-state index contributed by atoms with van der Waals surface area (Å²) < 4.78 is 0. The molecule has 0 spiro atoms. The second kappa shape index (κ2) is 7.99. The fourth-order valence-electron chi connectivity index (χ4n) is 3.02. The lowest BCUT2D eigenvalue weighted by atomic mass is 10.1. The minimum absolute atomic E-state index is 0.0256. The van der Waals surface area contributed by atoms with Gasteiger partial charge in [0.25, 0.3) is 11.8 Å². The van der Waals surface area contributed by atoms with Crippen molar-refractivity contribution >= 4 is 17.8 Å². The number of aromatic carboxylic acids is 1. The highest BCUT2D eigenvalue weighted by Crippen LogP contribution is 2.13. The summed E-state index contributed by atoms with van der Waals surface area (Å²) in [7, 11) is 0. The molecule has 1 N–H and O–H groups in total. The van der Waals surface area contributed by atoms with Gasteiger partial charge in [0.05, 0.1) is 5.56 Å². The highest BCUT2D eigenvalue weighted by molar-refractivity contribution is 5.96. The van der Waals surface area contributed by atoms with E-state index in [9.17, 15) is 14.4 Å². The van der Waals surface area contributed by atoms with Gasteiger partial charge in [-0.2, -0.15) is 0 Å². The maximum atomic E-state index is 12.6. The summed E-state index contributed by atoms with van der Waals surface area (Å²) in [6.45, 7) is 3.69. The third-order valence-corrected chi connectivity index (χ3v) is 4.69. The highest BCUT2D eigenvalue weighted by atomic mass is 16.4. The first-order chi connectivity index (χ1) is 13.0. The Labute approximate surface area is 157 Å². The van der Waals surface area contributed by atoms with Crippen molar-refractivity contribution in [3.05, 3.63) is 65.0 Å². The number of carbonyl (C=O) groups is 3. The van der Waals surface area contributed by atoms with Crippen LogP contribution < -0.4 is 0 Å². The maximum absolute atomic E-state index is 12.6. The van der Waals surface area contributed by atoms with Crippen LogP contribution >= 0.6 is 0 Å². The standard InChI is InChI=1S/C20H21N3O4/c1-2-14-3-5-15(6-4-14)18(24)22-9-11-23(12-10-22)19(25)17-13-16(20(26)27)7-8-21-17/h3-8,13H,2,9-12H2,1H3,(H,26,27). The predicted octanol–water partition coefficient (Wildman–Crippen LogP) is 1.94. The van der Waals surface area contributed by atoms with Crippen molar-refractivity contribution < 1.29 is 19.5 Å². The number of hydrogen-bond acceptors (Lipinski definition) is 4. The van der Waals surface area contributed by atoms with Crippen molar-refractivity contribution in [3.63, 3.8) is 0 Å². The van der Waals surface area contributed by atoms with Gasteiger partial charge in [0.15, 0.2) is 0 Å². The molecule has 140 valence electrons. The third kappa shape index (κ3) is 4.13. The molecule has 0 atom stereocenters. The summed E-state index contributed by atoms with van der Waals surface area (Å²) in [5.41, 5.74) is 1.95. The van der Waals surface area contributed by atoms with Crippen molar-refractivity contribution in [2.75, 3.05) is 26.2 Å². The SMILES string of the molecule is CCc1ccc(C(=O)N2CCN(C(=O)c3cc(C(=O)O)ccn3)CC2)cc1. The summed E-state index contributed by atoms with van der Waals surface area (Å²) in [5.74, 6) is -1.47. The Bertz CT molecular complexity index is 856. The molecule has 1 aromatic carbocycles. The molecule has 1 aliphatic heterocycles. The van der Waals surface area contributed by atoms with Gasteiger partial charge in [-0.1, -0.05) is 19.1 Å². The van der Waals surface area contributed by atoms with Crippen molar-refractivity contribution in [2.24, 2.45) is 0 Å². The Kier molecular flexibility index (Phi) is 5.49. The molecule has 7 nitrogen and oxygen atoms in total. The number of benzene rings is 1. The second-order valence-corrected chi connectivity index (χ2v) is 6.37. The summed E-state index contributed by atoms with van der Waals surface area (Å²) in [6.07, 6.45) is 2.24. The number of aromatic nitrogens is 1. The molecule has 0 radical (unpaired) electrons. The lowest BCUT2D eigenvalue weighted by Crippen LogP contribution is -2.50. The van der Waals surface area contributed by atoms with Gasteiger partial charge in [0, 0.05) is 37.9 Å². The number of rotatable bonds is 4. The summed E-state index contributed by atoms with van der Waals surface area (Å²) >= 11 is 0. The van der Waals surface area contributed by atoms with Crippen LogP contribution in [0, 0.1) is 0 Å². The van der Waals surface area contributed by atoms with Crippen LogP contribution in [-0.4, -0.2) is 63.9 Å². The molecular weight excluding hydrogens is 346 g/mol. The number of nitrogens with zero attached hydrogens (tertiary/aromatic N) is 3. The van der Waals surface area contributed by atoms with Crippen LogP contribution in [0.3, 0.4) is 0 Å². The molecule has 2 amide bonds. The van der Waals surface area contributed by atoms with E-state index in [0.717, 1.165) is 6.42 Å². The quantitative estimate of drug-likeness (QED) is 0.892. The minimum atomic E-state index is -1.10. The lowest BCUT2D eigenvalue weighted by molar-refractivity contribution is 0.0532. The van der Waals surface area contributed by atoms with Gasteiger partial charge in [-0.3, -0.25) is 14.6 Å². The summed E-state index contributed by atoms with van der Waals surface area (Å²) in [6, 6.07) is 10.2. The number of hydrogen-bond donors (Lipinski definition) is 1. The first-order valence-corrected chi connectivity index (χ1v) is 8.86. The molecule has 1 fully saturated rings. The highest BCUT2D eigenvalue weighted by Gasteiger charge is 2.26. The third-order valence-electron chi connectivity index (χ3n) is 4.69. The average Bonchev–Trinajstić information content (AvgIpc) is 2.73. The van der Waals surface area contributed by atoms with Crippen molar-refractivity contribution in [1.82, 2.24) is 14.8 Å². The Morgan fingerprint density at radius 3 is 2.07 bits per heavy atom. The van der Waals surface area contributed by atoms with Crippen LogP contribution in [0.2, 0.25) is 0 Å². The molecule has 27 heavy (non-hydrogen) atoms. The molecule has 2 heterocycles. The fraction of sp³-hybridized carbons (Fsp3) is 0.300. The number of pyridine rings is 1. The van der Waals surface area contributed by atoms with Gasteiger partial charge in [-0.25, -0.2) is 4.79 Å². The number of amides is 2. The Balaban J connectivity index is 1.62. The molecule has 0 bridgehead atoms. The van der Waals surface area contributed by atoms with Crippen molar-refractivity contribution in [2.45, 2.75) is 13.3 Å². The molecule has 0 aliphatic carbocycles. The van der Waals surface area contributed by atoms with E-state index in [-0.39, 0.29) is 23.1 Å². The first-order valence-electron chi connectivity index (χ1n) is 8.86. The molecule has 2 aromatic rings. The number of piperazine rings is 1. The zero-order valence-corrected chi connectivity index (χ0v) is 15.1. The molecule has 0 unspecified atom stereocenters. The Morgan fingerprint density at radius 2 is 1.52 bits per heavy atom. The van der Waals surface area contributed by atoms with Crippen LogP contribution in [0.25, 0.3) is 0 Å². The van der Waals surface area contributed by atoms with Crippen molar-refractivity contribution in [1.29, 1.82) is 0 Å². The van der Waals surface area contributed by atoms with Gasteiger partial charge in [0.1, 0.15) is 5.69 Å². The summed E-state index contributed by atoms with van der Waals surface area (Å²) in [4.78, 5) is 43.5. The number of carboxylic acids is 1. The van der Waals surface area contributed by atoms with Gasteiger partial charge in [-0.15, -0.1) is 0 Å². The Hall–Kier alpha value is -3.22. The van der Waals surface area contributed by atoms with Gasteiger partial charge >= 0.3 is 5.97 Å². The largest absolute Gasteiger partial charge is 0.478 e. The fourth-order valence-corrected chi connectivity index (χ4v) is 3.02. The molecule has 1 aliphatic rings. The predicted molar refractivity (Wildman–Crippen MR) is 98.8 cm³/mol. The zero-order chi connectivity index (χ0) is 19.4. The van der Waals surface area contributed by atoms with Crippen molar-refractivity contribution in [3.8, 4) is 0 Å². The minimum Gasteiger partial charge on any atom is -0.478 e. The molecule has 1 saturated heterocycles. The molecule has 0 saturated carbocycles. The molecule has 1 aromatic heterocycles. The monoisotopic (exact) mass is 367 g/mol. The first kappa shape index (κ1) is 18.6. The van der Waals surface area contributed by atoms with E-state index in [2.05, 4.69) is 11.9 Å². The van der Waals surface area contributed by atoms with E-state index in [0.29, 0.717) is 31.7 Å². The van der Waals surface area contributed by atoms with E-state index in [1.165, 1.54) is 23.9 Å². The number of carbonyl (C=O) groups excluding carboxylic acids is 2. The van der Waals surface area contributed by atoms with E-state index in [4.69, 9.17) is 5.11 Å². The van der Waals surface area contributed by atoms with E-state index in [1.807, 2.05) is 24.3 Å². The normalized spacial score (nSPS) is 14.1. The summed E-state index contributed by atoms with van der Waals surface area (Å²) in [5, 5.41) is 9.04.